The molecule has 2 aliphatic rings. The lowest BCUT2D eigenvalue weighted by atomic mass is 9.82. The second-order valence-electron chi connectivity index (χ2n) is 5.71. The lowest BCUT2D eigenvalue weighted by molar-refractivity contribution is -0.132. The van der Waals surface area contributed by atoms with Crippen LogP contribution in [0.1, 0.15) is 37.7 Å². The molecule has 1 spiro atoms. The topological polar surface area (TPSA) is 75.4 Å². The van der Waals surface area contributed by atoms with Gasteiger partial charge in [-0.05, 0) is 30.5 Å². The molecule has 0 radical (unpaired) electrons. The highest BCUT2D eigenvalue weighted by atomic mass is 16.2. The molecule has 0 unspecified atom stereocenters. The molecule has 106 valence electrons. The summed E-state index contributed by atoms with van der Waals surface area (Å²) in [7, 11) is 0. The highest BCUT2D eigenvalue weighted by molar-refractivity contribution is 6.07. The molecule has 0 bridgehead atoms. The number of nitrogens with two attached hydrogens (primary N) is 1. The van der Waals surface area contributed by atoms with Gasteiger partial charge in [-0.3, -0.25) is 9.69 Å². The van der Waals surface area contributed by atoms with Crippen LogP contribution >= 0.6 is 0 Å². The predicted octanol–water partition coefficient (Wildman–Crippen LogP) is 2.02. The van der Waals surface area contributed by atoms with E-state index >= 15 is 0 Å². The molecule has 3 amide bonds. The van der Waals surface area contributed by atoms with Crippen molar-refractivity contribution in [3.8, 4) is 0 Å². The molecule has 3 N–H and O–H groups in total. The van der Waals surface area contributed by atoms with Crippen molar-refractivity contribution in [2.45, 2.75) is 44.2 Å². The molecule has 5 heteroatoms. The molecule has 0 aromatic heterocycles. The Morgan fingerprint density at radius 1 is 1.20 bits per heavy atom. The number of nitrogens with zero attached hydrogens (tertiary/aromatic N) is 1. The molecule has 1 aliphatic carbocycles. The summed E-state index contributed by atoms with van der Waals surface area (Å²) in [5.74, 6) is -0.0791. The summed E-state index contributed by atoms with van der Waals surface area (Å²) in [4.78, 5) is 26.0. The van der Waals surface area contributed by atoms with Gasteiger partial charge in [-0.1, -0.05) is 31.4 Å². The Morgan fingerprint density at radius 3 is 2.65 bits per heavy atom. The summed E-state index contributed by atoms with van der Waals surface area (Å²) in [6.07, 6.45) is 4.65. The lowest BCUT2D eigenvalue weighted by Gasteiger charge is -2.30. The van der Waals surface area contributed by atoms with Crippen LogP contribution < -0.4 is 11.1 Å². The molecule has 1 heterocycles. The summed E-state index contributed by atoms with van der Waals surface area (Å²) < 4.78 is 0. The molecular formula is C15H19N3O2. The van der Waals surface area contributed by atoms with Gasteiger partial charge in [0, 0.05) is 5.69 Å². The van der Waals surface area contributed by atoms with Crippen molar-refractivity contribution >= 4 is 17.6 Å². The third-order valence-electron chi connectivity index (χ3n) is 4.24. The average molecular weight is 273 g/mol. The molecule has 20 heavy (non-hydrogen) atoms. The Bertz CT molecular complexity index is 550. The first kappa shape index (κ1) is 13.0. The Morgan fingerprint density at radius 2 is 1.95 bits per heavy atom. The first-order valence-electron chi connectivity index (χ1n) is 7.09. The van der Waals surface area contributed by atoms with Gasteiger partial charge in [0.05, 0.1) is 6.54 Å². The molecule has 1 aromatic rings. The average Bonchev–Trinajstić information content (AvgIpc) is 2.64. The minimum atomic E-state index is -0.643. The standard InChI is InChI=1S/C15H19N3O2/c16-12-6-4-5-11(9-12)10-18-13(19)15(17-14(18)20)7-2-1-3-8-15/h4-6,9H,1-3,7-8,10,16H2,(H,17,20). The fraction of sp³-hybridized carbons (Fsp3) is 0.467. The maximum absolute atomic E-state index is 12.6. The number of benzene rings is 1. The third kappa shape index (κ3) is 2.13. The van der Waals surface area contributed by atoms with E-state index in [0.29, 0.717) is 5.69 Å². The first-order chi connectivity index (χ1) is 9.61. The van der Waals surface area contributed by atoms with Gasteiger partial charge in [-0.2, -0.15) is 0 Å². The second-order valence-corrected chi connectivity index (χ2v) is 5.71. The van der Waals surface area contributed by atoms with Crippen LogP contribution in [0.15, 0.2) is 24.3 Å². The van der Waals surface area contributed by atoms with Gasteiger partial charge in [0.1, 0.15) is 5.54 Å². The zero-order valence-electron chi connectivity index (χ0n) is 11.4. The summed E-state index contributed by atoms with van der Waals surface area (Å²) in [6.45, 7) is 0.289. The zero-order chi connectivity index (χ0) is 14.2. The van der Waals surface area contributed by atoms with Gasteiger partial charge >= 0.3 is 6.03 Å². The number of carbonyl (C=O) groups is 2. The van der Waals surface area contributed by atoms with Crippen molar-refractivity contribution in [1.29, 1.82) is 0 Å². The Labute approximate surface area is 118 Å². The molecule has 0 atom stereocenters. The molecule has 5 nitrogen and oxygen atoms in total. The normalized spacial score (nSPS) is 21.3. The molecule has 1 aliphatic heterocycles. The maximum atomic E-state index is 12.6. The van der Waals surface area contributed by atoms with Crippen LogP contribution in [0.3, 0.4) is 0 Å². The Hall–Kier alpha value is -2.04. The minimum absolute atomic E-state index is 0.0791. The number of nitrogen functional groups attached to an aromatic ring is 1. The van der Waals surface area contributed by atoms with Gasteiger partial charge in [0.25, 0.3) is 5.91 Å². The number of anilines is 1. The summed E-state index contributed by atoms with van der Waals surface area (Å²) in [5.41, 5.74) is 6.61. The summed E-state index contributed by atoms with van der Waals surface area (Å²) in [5, 5.41) is 2.91. The van der Waals surface area contributed by atoms with Crippen LogP contribution in [0, 0.1) is 0 Å². The fourth-order valence-electron chi connectivity index (χ4n) is 3.19. The molecule has 1 aromatic carbocycles. The Balaban J connectivity index is 1.80. The van der Waals surface area contributed by atoms with E-state index in [1.807, 2.05) is 12.1 Å². The van der Waals surface area contributed by atoms with Gasteiger partial charge in [0.15, 0.2) is 0 Å². The van der Waals surface area contributed by atoms with Gasteiger partial charge in [-0.15, -0.1) is 0 Å². The SMILES string of the molecule is Nc1cccc(CN2C(=O)NC3(CCCCC3)C2=O)c1. The van der Waals surface area contributed by atoms with Crippen LogP contribution in [0.25, 0.3) is 0 Å². The first-order valence-corrected chi connectivity index (χ1v) is 7.09. The molecule has 1 saturated carbocycles. The number of rotatable bonds is 2. The number of amides is 3. The van der Waals surface area contributed by atoms with Crippen LogP contribution in [-0.2, 0) is 11.3 Å². The summed E-state index contributed by atoms with van der Waals surface area (Å²) >= 11 is 0. The van der Waals surface area contributed by atoms with Crippen molar-refractivity contribution in [2.75, 3.05) is 5.73 Å². The van der Waals surface area contributed by atoms with E-state index in [9.17, 15) is 9.59 Å². The van der Waals surface area contributed by atoms with E-state index in [2.05, 4.69) is 5.32 Å². The number of nitrogens with one attached hydrogen (secondary N) is 1. The molecule has 2 fully saturated rings. The van der Waals surface area contributed by atoms with Gasteiger partial charge < -0.3 is 11.1 Å². The van der Waals surface area contributed by atoms with Crippen LogP contribution in [-0.4, -0.2) is 22.4 Å². The van der Waals surface area contributed by atoms with E-state index in [4.69, 9.17) is 5.73 Å². The van der Waals surface area contributed by atoms with E-state index in [-0.39, 0.29) is 18.5 Å². The zero-order valence-corrected chi connectivity index (χ0v) is 11.4. The van der Waals surface area contributed by atoms with E-state index in [0.717, 1.165) is 37.7 Å². The highest BCUT2D eigenvalue weighted by Gasteiger charge is 2.51. The van der Waals surface area contributed by atoms with Crippen LogP contribution in [0.2, 0.25) is 0 Å². The lowest BCUT2D eigenvalue weighted by Crippen LogP contribution is -2.48. The van der Waals surface area contributed by atoms with Crippen molar-refractivity contribution in [2.24, 2.45) is 0 Å². The van der Waals surface area contributed by atoms with E-state index in [1.54, 1.807) is 12.1 Å². The number of carbonyl (C=O) groups excluding carboxylic acids is 2. The van der Waals surface area contributed by atoms with E-state index < -0.39 is 5.54 Å². The molecule has 1 saturated heterocycles. The number of imide groups is 1. The molecular weight excluding hydrogens is 254 g/mol. The summed E-state index contributed by atoms with van der Waals surface area (Å²) in [6, 6.07) is 7.02. The van der Waals surface area contributed by atoms with Crippen molar-refractivity contribution in [1.82, 2.24) is 10.2 Å². The largest absolute Gasteiger partial charge is 0.399 e. The van der Waals surface area contributed by atoms with Crippen LogP contribution in [0.4, 0.5) is 10.5 Å². The number of urea groups is 1. The fourth-order valence-corrected chi connectivity index (χ4v) is 3.19. The maximum Gasteiger partial charge on any atom is 0.325 e. The quantitative estimate of drug-likeness (QED) is 0.639. The minimum Gasteiger partial charge on any atom is -0.399 e. The molecule has 3 rings (SSSR count). The van der Waals surface area contributed by atoms with Crippen molar-refractivity contribution in [3.05, 3.63) is 29.8 Å². The van der Waals surface area contributed by atoms with E-state index in [1.165, 1.54) is 4.90 Å². The smallest absolute Gasteiger partial charge is 0.325 e. The second kappa shape index (κ2) is 4.81. The van der Waals surface area contributed by atoms with Crippen LogP contribution in [0.5, 0.6) is 0 Å². The van der Waals surface area contributed by atoms with Gasteiger partial charge in [0.2, 0.25) is 0 Å². The van der Waals surface area contributed by atoms with Crippen molar-refractivity contribution in [3.63, 3.8) is 0 Å². The Kier molecular flexibility index (Phi) is 3.12. The highest BCUT2D eigenvalue weighted by Crippen LogP contribution is 2.34. The third-order valence-corrected chi connectivity index (χ3v) is 4.24. The predicted molar refractivity (Wildman–Crippen MR) is 75.8 cm³/mol. The monoisotopic (exact) mass is 273 g/mol. The number of hydrogen-bond acceptors (Lipinski definition) is 3. The van der Waals surface area contributed by atoms with Crippen molar-refractivity contribution < 1.29 is 9.59 Å². The van der Waals surface area contributed by atoms with Gasteiger partial charge in [-0.25, -0.2) is 4.79 Å². The number of hydrogen-bond donors (Lipinski definition) is 2.